The zero-order valence-electron chi connectivity index (χ0n) is 9.07. The van der Waals surface area contributed by atoms with Crippen LogP contribution in [0.3, 0.4) is 0 Å². The van der Waals surface area contributed by atoms with Crippen molar-refractivity contribution in [2.45, 2.75) is 6.92 Å². The van der Waals surface area contributed by atoms with E-state index in [-0.39, 0.29) is 12.2 Å². The minimum Gasteiger partial charge on any atom is -0.463 e. The normalized spacial score (nSPS) is 10.5. The van der Waals surface area contributed by atoms with Crippen molar-refractivity contribution in [2.24, 2.45) is 0 Å². The average Bonchev–Trinajstić information content (AvgIpc) is 2.26. The summed E-state index contributed by atoms with van der Waals surface area (Å²) >= 11 is 3.08. The van der Waals surface area contributed by atoms with E-state index in [1.165, 1.54) is 12.1 Å². The summed E-state index contributed by atoms with van der Waals surface area (Å²) in [6, 6.07) is 4.08. The molecule has 0 aliphatic rings. The first-order valence-corrected chi connectivity index (χ1v) is 5.68. The first-order valence-electron chi connectivity index (χ1n) is 4.88. The number of hydrogen-bond acceptors (Lipinski definition) is 3. The maximum Gasteiger partial charge on any atom is 0.330 e. The third-order valence-corrected chi connectivity index (χ3v) is 2.35. The zero-order valence-corrected chi connectivity index (χ0v) is 10.7. The van der Waals surface area contributed by atoms with Crippen LogP contribution in [0.5, 0.6) is 0 Å². The highest BCUT2D eigenvalue weighted by atomic mass is 79.9. The highest BCUT2D eigenvalue weighted by Crippen LogP contribution is 2.15. The highest BCUT2D eigenvalue weighted by molar-refractivity contribution is 9.10. The van der Waals surface area contributed by atoms with Crippen LogP contribution in [0, 0.1) is 5.82 Å². The Kier molecular flexibility index (Phi) is 5.03. The second-order valence-corrected chi connectivity index (χ2v) is 3.99. The van der Waals surface area contributed by atoms with Crippen LogP contribution in [0.4, 0.5) is 4.39 Å². The van der Waals surface area contributed by atoms with Gasteiger partial charge in [0.2, 0.25) is 0 Å². The summed E-state index contributed by atoms with van der Waals surface area (Å²) in [5.74, 6) is -1.85. The third-order valence-electron chi connectivity index (χ3n) is 1.85. The van der Waals surface area contributed by atoms with E-state index in [9.17, 15) is 14.0 Å². The molecule has 90 valence electrons. The highest BCUT2D eigenvalue weighted by Gasteiger charge is 2.09. The Balaban J connectivity index is 2.80. The maximum absolute atomic E-state index is 13.4. The average molecular weight is 301 g/mol. The summed E-state index contributed by atoms with van der Waals surface area (Å²) in [6.45, 7) is 1.88. The Labute approximate surface area is 106 Å². The quantitative estimate of drug-likeness (QED) is 0.488. The van der Waals surface area contributed by atoms with Crippen molar-refractivity contribution in [2.75, 3.05) is 6.61 Å². The molecule has 0 aliphatic heterocycles. The van der Waals surface area contributed by atoms with Crippen molar-refractivity contribution in [3.63, 3.8) is 0 Å². The van der Waals surface area contributed by atoms with Gasteiger partial charge in [-0.05, 0) is 31.2 Å². The Morgan fingerprint density at radius 3 is 2.71 bits per heavy atom. The second-order valence-electron chi connectivity index (χ2n) is 3.07. The van der Waals surface area contributed by atoms with E-state index in [1.807, 2.05) is 0 Å². The zero-order chi connectivity index (χ0) is 12.8. The molecule has 0 radical (unpaired) electrons. The molecule has 17 heavy (non-hydrogen) atoms. The number of ether oxygens (including phenoxy) is 1. The molecule has 0 saturated heterocycles. The lowest BCUT2D eigenvalue weighted by molar-refractivity contribution is -0.137. The Morgan fingerprint density at radius 1 is 1.41 bits per heavy atom. The van der Waals surface area contributed by atoms with Crippen LogP contribution in [-0.4, -0.2) is 18.4 Å². The van der Waals surface area contributed by atoms with E-state index in [1.54, 1.807) is 13.0 Å². The molecule has 3 nitrogen and oxygen atoms in total. The maximum atomic E-state index is 13.4. The number of ketones is 1. The van der Waals surface area contributed by atoms with Gasteiger partial charge in [-0.1, -0.05) is 15.9 Å². The van der Waals surface area contributed by atoms with Gasteiger partial charge in [-0.3, -0.25) is 4.79 Å². The summed E-state index contributed by atoms with van der Waals surface area (Å²) in [7, 11) is 0. The molecule has 0 atom stereocenters. The summed E-state index contributed by atoms with van der Waals surface area (Å²) < 4.78 is 18.5. The predicted molar refractivity (Wildman–Crippen MR) is 64.2 cm³/mol. The fourth-order valence-electron chi connectivity index (χ4n) is 1.11. The summed E-state index contributed by atoms with van der Waals surface area (Å²) in [4.78, 5) is 22.5. The molecule has 5 heteroatoms. The minimum absolute atomic E-state index is 0.0891. The number of esters is 1. The van der Waals surface area contributed by atoms with Crippen LogP contribution < -0.4 is 0 Å². The van der Waals surface area contributed by atoms with Crippen LogP contribution in [0.15, 0.2) is 34.8 Å². The van der Waals surface area contributed by atoms with E-state index in [0.29, 0.717) is 4.47 Å². The first-order chi connectivity index (χ1) is 8.04. The van der Waals surface area contributed by atoms with Crippen LogP contribution >= 0.6 is 15.9 Å². The third kappa shape index (κ3) is 4.11. The molecule has 0 aliphatic carbocycles. The lowest BCUT2D eigenvalue weighted by Gasteiger charge is -1.99. The SMILES string of the molecule is CCOC(=O)/C=C/C(=O)c1ccc(Br)cc1F. The molecular formula is C12H10BrFO3. The summed E-state index contributed by atoms with van der Waals surface area (Å²) in [5.41, 5.74) is -0.0891. The van der Waals surface area contributed by atoms with Crippen molar-refractivity contribution in [3.8, 4) is 0 Å². The molecule has 0 bridgehead atoms. The molecule has 1 rings (SSSR count). The number of allylic oxidation sites excluding steroid dienone is 1. The second kappa shape index (κ2) is 6.30. The van der Waals surface area contributed by atoms with E-state index >= 15 is 0 Å². The molecule has 0 spiro atoms. The van der Waals surface area contributed by atoms with Crippen LogP contribution in [0.1, 0.15) is 17.3 Å². The number of halogens is 2. The molecule has 0 unspecified atom stereocenters. The molecule has 0 aromatic heterocycles. The number of hydrogen-bond donors (Lipinski definition) is 0. The van der Waals surface area contributed by atoms with E-state index in [0.717, 1.165) is 12.2 Å². The molecule has 1 aromatic rings. The Morgan fingerprint density at radius 2 is 2.12 bits per heavy atom. The number of carbonyl (C=O) groups excluding carboxylic acids is 2. The molecule has 0 saturated carbocycles. The minimum atomic E-state index is -0.641. The lowest BCUT2D eigenvalue weighted by atomic mass is 10.1. The molecule has 1 aromatic carbocycles. The van der Waals surface area contributed by atoms with Gasteiger partial charge in [0.05, 0.1) is 12.2 Å². The monoisotopic (exact) mass is 300 g/mol. The van der Waals surface area contributed by atoms with Gasteiger partial charge >= 0.3 is 5.97 Å². The molecular weight excluding hydrogens is 291 g/mol. The standard InChI is InChI=1S/C12H10BrFO3/c1-2-17-12(16)6-5-11(15)9-4-3-8(13)7-10(9)14/h3-7H,2H2,1H3/b6-5+. The van der Waals surface area contributed by atoms with E-state index in [4.69, 9.17) is 0 Å². The molecule has 0 N–H and O–H groups in total. The van der Waals surface area contributed by atoms with Gasteiger partial charge in [-0.2, -0.15) is 0 Å². The Bertz CT molecular complexity index is 469. The van der Waals surface area contributed by atoms with E-state index < -0.39 is 17.6 Å². The predicted octanol–water partition coefficient (Wildman–Crippen LogP) is 2.89. The van der Waals surface area contributed by atoms with Gasteiger partial charge < -0.3 is 4.74 Å². The molecule has 0 amide bonds. The van der Waals surface area contributed by atoms with Crippen molar-refractivity contribution in [1.82, 2.24) is 0 Å². The van der Waals surface area contributed by atoms with Crippen LogP contribution in [0.25, 0.3) is 0 Å². The topological polar surface area (TPSA) is 43.4 Å². The van der Waals surface area contributed by atoms with E-state index in [2.05, 4.69) is 20.7 Å². The lowest BCUT2D eigenvalue weighted by Crippen LogP contribution is -2.03. The fourth-order valence-corrected chi connectivity index (χ4v) is 1.45. The van der Waals surface area contributed by atoms with Crippen LogP contribution in [-0.2, 0) is 9.53 Å². The smallest absolute Gasteiger partial charge is 0.330 e. The summed E-state index contributed by atoms with van der Waals surface area (Å²) in [5, 5.41) is 0. The van der Waals surface area contributed by atoms with Gasteiger partial charge in [-0.25, -0.2) is 9.18 Å². The molecule has 0 heterocycles. The van der Waals surface area contributed by atoms with Crippen LogP contribution in [0.2, 0.25) is 0 Å². The Hall–Kier alpha value is -1.49. The first kappa shape index (κ1) is 13.6. The van der Waals surface area contributed by atoms with Crippen molar-refractivity contribution in [3.05, 3.63) is 46.2 Å². The van der Waals surface area contributed by atoms with Gasteiger partial charge in [0.1, 0.15) is 5.82 Å². The van der Waals surface area contributed by atoms with Gasteiger partial charge in [0.25, 0.3) is 0 Å². The van der Waals surface area contributed by atoms with Gasteiger partial charge in [0, 0.05) is 10.5 Å². The van der Waals surface area contributed by atoms with Gasteiger partial charge in [-0.15, -0.1) is 0 Å². The molecule has 0 fully saturated rings. The largest absolute Gasteiger partial charge is 0.463 e. The van der Waals surface area contributed by atoms with Crippen molar-refractivity contribution in [1.29, 1.82) is 0 Å². The van der Waals surface area contributed by atoms with Crippen molar-refractivity contribution >= 4 is 27.7 Å². The van der Waals surface area contributed by atoms with Crippen molar-refractivity contribution < 1.29 is 18.7 Å². The number of benzene rings is 1. The number of carbonyl (C=O) groups is 2. The summed E-state index contributed by atoms with van der Waals surface area (Å²) in [6.07, 6.45) is 1.97. The van der Waals surface area contributed by atoms with Gasteiger partial charge in [0.15, 0.2) is 5.78 Å². The number of rotatable bonds is 4. The fraction of sp³-hybridized carbons (Fsp3) is 0.167.